The Morgan fingerprint density at radius 2 is 1.53 bits per heavy atom. The fourth-order valence-corrected chi connectivity index (χ4v) is 6.63. The zero-order valence-corrected chi connectivity index (χ0v) is 31.9. The summed E-state index contributed by atoms with van der Waals surface area (Å²) < 4.78 is 34.8. The molecule has 2 N–H and O–H groups in total. The van der Waals surface area contributed by atoms with Gasteiger partial charge in [0.1, 0.15) is 24.7 Å². The number of guanidine groups is 1. The van der Waals surface area contributed by atoms with E-state index in [0.717, 1.165) is 75.9 Å². The average Bonchev–Trinajstić information content (AvgIpc) is 3.20. The quantitative estimate of drug-likeness (QED) is 0.0940. The van der Waals surface area contributed by atoms with Crippen LogP contribution in [0.1, 0.15) is 22.7 Å². The molecular weight excluding hydrogens is 736 g/mol. The van der Waals surface area contributed by atoms with E-state index in [2.05, 4.69) is 70.1 Å². The number of halogens is 1. The Balaban J connectivity index is 0.00000481. The topological polar surface area (TPSA) is 95.0 Å². The van der Waals surface area contributed by atoms with E-state index in [-0.39, 0.29) is 23.0 Å². The Labute approximate surface area is 321 Å². The van der Waals surface area contributed by atoms with Crippen LogP contribution in [0.15, 0.2) is 108 Å². The van der Waals surface area contributed by atoms with Gasteiger partial charge in [0, 0.05) is 31.6 Å². The van der Waals surface area contributed by atoms with E-state index < -0.39 is 0 Å². The van der Waals surface area contributed by atoms with Crippen LogP contribution < -0.4 is 34.3 Å². The van der Waals surface area contributed by atoms with E-state index in [0.29, 0.717) is 57.6 Å². The molecule has 2 heterocycles. The maximum Gasteiger partial charge on any atom is 0.191 e. The van der Waals surface area contributed by atoms with Crippen LogP contribution in [-0.4, -0.2) is 77.7 Å². The molecule has 278 valence electrons. The number of hydrogen-bond acceptors (Lipinski definition) is 8. The third-order valence-electron chi connectivity index (χ3n) is 9.35. The van der Waals surface area contributed by atoms with Gasteiger partial charge in [0.15, 0.2) is 29.0 Å². The van der Waals surface area contributed by atoms with Crippen LogP contribution >= 0.6 is 17.0 Å². The second-order valence-corrected chi connectivity index (χ2v) is 12.7. The number of benzene rings is 5. The standard InChI is InChI=1S/C42H46N4O6.BrH/c1-47-38-16-14-33(27-40(38)48-2)36(46-19-21-49-22-20-46)29-45-42(43-18-17-30-13-15-39-41(26-30)51-24-23-50-39)44-28-31-7-5-10-34(25-31)52-37-12-6-9-32-8-3-4-11-35(32)37;/h3-16,25-27,36H,17-24,28-29H2,1-2H3,(H2,43,44,45);1H. The minimum atomic E-state index is 0. The van der Waals surface area contributed by atoms with Crippen molar-refractivity contribution in [3.05, 3.63) is 120 Å². The van der Waals surface area contributed by atoms with Crippen LogP contribution in [-0.2, 0) is 17.7 Å². The van der Waals surface area contributed by atoms with Gasteiger partial charge in [-0.2, -0.15) is 0 Å². The Morgan fingerprint density at radius 3 is 2.38 bits per heavy atom. The van der Waals surface area contributed by atoms with Gasteiger partial charge in [-0.3, -0.25) is 4.90 Å². The molecule has 2 aliphatic rings. The Bertz CT molecular complexity index is 1980. The highest BCUT2D eigenvalue weighted by Gasteiger charge is 2.24. The van der Waals surface area contributed by atoms with Crippen molar-refractivity contribution < 1.29 is 28.4 Å². The summed E-state index contributed by atoms with van der Waals surface area (Å²) in [6, 6.07) is 34.8. The summed E-state index contributed by atoms with van der Waals surface area (Å²) in [5, 5.41) is 9.48. The third-order valence-corrected chi connectivity index (χ3v) is 9.35. The number of morpholine rings is 1. The molecule has 1 saturated heterocycles. The number of fused-ring (bicyclic) bond motifs is 2. The summed E-state index contributed by atoms with van der Waals surface area (Å²) in [5.74, 6) is 5.31. The molecule has 10 nitrogen and oxygen atoms in total. The molecule has 0 amide bonds. The number of nitrogens with zero attached hydrogens (tertiary/aromatic N) is 2. The van der Waals surface area contributed by atoms with Crippen LogP contribution in [0, 0.1) is 0 Å². The van der Waals surface area contributed by atoms with Crippen molar-refractivity contribution in [3.63, 3.8) is 0 Å². The van der Waals surface area contributed by atoms with Crippen LogP contribution in [0.2, 0.25) is 0 Å². The smallest absolute Gasteiger partial charge is 0.191 e. The molecule has 2 aliphatic heterocycles. The van der Waals surface area contributed by atoms with Gasteiger partial charge in [0.05, 0.1) is 40.0 Å². The number of nitrogens with one attached hydrogen (secondary N) is 2. The summed E-state index contributed by atoms with van der Waals surface area (Å²) in [4.78, 5) is 7.51. The van der Waals surface area contributed by atoms with Crippen LogP contribution in [0.25, 0.3) is 10.8 Å². The van der Waals surface area contributed by atoms with E-state index in [1.54, 1.807) is 14.2 Å². The van der Waals surface area contributed by atoms with Gasteiger partial charge in [-0.25, -0.2) is 4.99 Å². The summed E-state index contributed by atoms with van der Waals surface area (Å²) in [7, 11) is 3.32. The second-order valence-electron chi connectivity index (χ2n) is 12.7. The Kier molecular flexibility index (Phi) is 13.3. The SMILES string of the molecule is Br.COc1ccc(C(CNC(=NCc2cccc(Oc3cccc4ccccc34)c2)NCCc2ccc3c(c2)OCCO3)N2CCOCC2)cc1OC. The highest BCUT2D eigenvalue weighted by Crippen LogP contribution is 2.33. The number of hydrogen-bond donors (Lipinski definition) is 2. The number of rotatable bonds is 13. The number of ether oxygens (including phenoxy) is 6. The largest absolute Gasteiger partial charge is 0.493 e. The highest BCUT2D eigenvalue weighted by atomic mass is 79.9. The third kappa shape index (κ3) is 9.72. The minimum Gasteiger partial charge on any atom is -0.493 e. The molecule has 11 heteroatoms. The van der Waals surface area contributed by atoms with Crippen LogP contribution in [0.5, 0.6) is 34.5 Å². The molecule has 1 atom stereocenters. The molecule has 1 unspecified atom stereocenters. The predicted molar refractivity (Wildman–Crippen MR) is 214 cm³/mol. The number of aliphatic imine (C=N–C) groups is 1. The molecule has 53 heavy (non-hydrogen) atoms. The molecule has 0 radical (unpaired) electrons. The maximum atomic E-state index is 6.39. The predicted octanol–water partition coefficient (Wildman–Crippen LogP) is 7.35. The maximum absolute atomic E-state index is 6.39. The lowest BCUT2D eigenvalue weighted by molar-refractivity contribution is 0.0169. The lowest BCUT2D eigenvalue weighted by Gasteiger charge is -2.35. The zero-order chi connectivity index (χ0) is 35.5. The molecule has 7 rings (SSSR count). The van der Waals surface area contributed by atoms with Gasteiger partial charge in [-0.15, -0.1) is 17.0 Å². The molecule has 5 aromatic carbocycles. The van der Waals surface area contributed by atoms with Crippen molar-refractivity contribution >= 4 is 33.7 Å². The fraction of sp³-hybridized carbons (Fsp3) is 0.310. The molecule has 1 fully saturated rings. The van der Waals surface area contributed by atoms with Gasteiger partial charge >= 0.3 is 0 Å². The van der Waals surface area contributed by atoms with Crippen LogP contribution in [0.4, 0.5) is 0 Å². The summed E-state index contributed by atoms with van der Waals surface area (Å²) in [6.45, 7) is 5.93. The van der Waals surface area contributed by atoms with Gasteiger partial charge in [-0.05, 0) is 71.0 Å². The summed E-state index contributed by atoms with van der Waals surface area (Å²) in [5.41, 5.74) is 3.32. The first-order valence-electron chi connectivity index (χ1n) is 17.9. The van der Waals surface area contributed by atoms with Crippen molar-refractivity contribution in [2.24, 2.45) is 4.99 Å². The van der Waals surface area contributed by atoms with E-state index in [4.69, 9.17) is 33.4 Å². The average molecular weight is 784 g/mol. The van der Waals surface area contributed by atoms with Crippen molar-refractivity contribution in [1.82, 2.24) is 15.5 Å². The first-order valence-corrected chi connectivity index (χ1v) is 17.9. The van der Waals surface area contributed by atoms with Crippen LogP contribution in [0.3, 0.4) is 0 Å². The van der Waals surface area contributed by atoms with Gasteiger partial charge in [-0.1, -0.05) is 60.7 Å². The first-order chi connectivity index (χ1) is 25.7. The number of methoxy groups -OCH3 is 2. The van der Waals surface area contributed by atoms with Gasteiger partial charge in [0.2, 0.25) is 0 Å². The van der Waals surface area contributed by atoms with E-state index >= 15 is 0 Å². The molecule has 0 aromatic heterocycles. The van der Waals surface area contributed by atoms with Gasteiger partial charge < -0.3 is 39.1 Å². The summed E-state index contributed by atoms with van der Waals surface area (Å²) >= 11 is 0. The lowest BCUT2D eigenvalue weighted by Crippen LogP contribution is -2.46. The molecule has 0 saturated carbocycles. The minimum absolute atomic E-state index is 0. The Hall–Kier alpha value is -4.97. The van der Waals surface area contributed by atoms with Crippen molar-refractivity contribution in [2.45, 2.75) is 19.0 Å². The normalized spacial score (nSPS) is 14.9. The fourth-order valence-electron chi connectivity index (χ4n) is 6.63. The van der Waals surface area contributed by atoms with Crippen molar-refractivity contribution in [1.29, 1.82) is 0 Å². The highest BCUT2D eigenvalue weighted by molar-refractivity contribution is 8.93. The molecule has 0 aliphatic carbocycles. The van der Waals surface area contributed by atoms with Crippen molar-refractivity contribution in [2.75, 3.05) is 66.8 Å². The molecular formula is C42H47BrN4O6. The van der Waals surface area contributed by atoms with Gasteiger partial charge in [0.25, 0.3) is 0 Å². The van der Waals surface area contributed by atoms with E-state index in [9.17, 15) is 0 Å². The Morgan fingerprint density at radius 1 is 0.736 bits per heavy atom. The molecule has 0 bridgehead atoms. The monoisotopic (exact) mass is 782 g/mol. The summed E-state index contributed by atoms with van der Waals surface area (Å²) in [6.07, 6.45) is 0.786. The second kappa shape index (κ2) is 18.7. The van der Waals surface area contributed by atoms with E-state index in [1.807, 2.05) is 48.5 Å². The molecule has 5 aromatic rings. The van der Waals surface area contributed by atoms with Crippen molar-refractivity contribution in [3.8, 4) is 34.5 Å². The lowest BCUT2D eigenvalue weighted by atomic mass is 10.0. The molecule has 0 spiro atoms. The van der Waals surface area contributed by atoms with E-state index in [1.165, 1.54) is 0 Å². The first kappa shape index (κ1) is 37.8. The zero-order valence-electron chi connectivity index (χ0n) is 30.2.